The van der Waals surface area contributed by atoms with Gasteiger partial charge in [0.25, 0.3) is 0 Å². The summed E-state index contributed by atoms with van der Waals surface area (Å²) in [6, 6.07) is 0. The van der Waals surface area contributed by atoms with Gasteiger partial charge in [0.05, 0.1) is 19.8 Å². The summed E-state index contributed by atoms with van der Waals surface area (Å²) >= 11 is 0. The maximum Gasteiger partial charge on any atom is 0.472 e. The molecule has 0 aromatic rings. The molecule has 3 N–H and O–H groups in total. The summed E-state index contributed by atoms with van der Waals surface area (Å²) in [5.74, 6) is -0.935. The quantitative estimate of drug-likeness (QED) is 0.0234. The van der Waals surface area contributed by atoms with Crippen LogP contribution in [0.2, 0.25) is 0 Å². The second-order valence-electron chi connectivity index (χ2n) is 16.1. The van der Waals surface area contributed by atoms with Crippen LogP contribution in [-0.4, -0.2) is 65.7 Å². The lowest BCUT2D eigenvalue weighted by atomic mass is 10.1. The van der Waals surface area contributed by atoms with Crippen molar-refractivity contribution in [2.75, 3.05) is 26.4 Å². The van der Waals surface area contributed by atoms with E-state index in [4.69, 9.17) is 23.6 Å². The molecule has 3 unspecified atom stereocenters. The van der Waals surface area contributed by atoms with Crippen LogP contribution in [0.3, 0.4) is 0 Å². The van der Waals surface area contributed by atoms with Crippen LogP contribution in [0.5, 0.6) is 0 Å². The topological polar surface area (TPSA) is 149 Å². The van der Waals surface area contributed by atoms with E-state index in [-0.39, 0.29) is 19.4 Å². The van der Waals surface area contributed by atoms with E-state index < -0.39 is 51.8 Å². The van der Waals surface area contributed by atoms with Crippen molar-refractivity contribution in [3.63, 3.8) is 0 Å². The van der Waals surface area contributed by atoms with Gasteiger partial charge in [-0.2, -0.15) is 0 Å². The van der Waals surface area contributed by atoms with Gasteiger partial charge in [-0.05, 0) is 77.0 Å². The number of phosphoric ester groups is 1. The van der Waals surface area contributed by atoms with E-state index in [1.807, 2.05) is 0 Å². The third kappa shape index (κ3) is 44.0. The molecular weight excluding hydrogens is 780 g/mol. The smallest absolute Gasteiger partial charge is 0.462 e. The van der Waals surface area contributed by atoms with Crippen LogP contribution in [0, 0.1) is 0 Å². The van der Waals surface area contributed by atoms with Crippen LogP contribution in [0.15, 0.2) is 48.6 Å². The number of ether oxygens (including phenoxy) is 2. The summed E-state index contributed by atoms with van der Waals surface area (Å²) < 4.78 is 32.8. The van der Waals surface area contributed by atoms with Crippen molar-refractivity contribution in [2.24, 2.45) is 0 Å². The van der Waals surface area contributed by atoms with Crippen LogP contribution in [0.4, 0.5) is 0 Å². The first kappa shape index (κ1) is 57.9. The van der Waals surface area contributed by atoms with Crippen molar-refractivity contribution in [2.45, 2.75) is 225 Å². The lowest BCUT2D eigenvalue weighted by Crippen LogP contribution is -2.29. The van der Waals surface area contributed by atoms with Crippen LogP contribution in [-0.2, 0) is 32.7 Å². The van der Waals surface area contributed by atoms with Gasteiger partial charge in [0.1, 0.15) is 12.7 Å². The molecule has 0 radical (unpaired) electrons. The number of aliphatic hydroxyl groups is 2. The van der Waals surface area contributed by atoms with Crippen LogP contribution in [0.1, 0.15) is 213 Å². The predicted molar refractivity (Wildman–Crippen MR) is 247 cm³/mol. The maximum absolute atomic E-state index is 12.7. The first-order valence-electron chi connectivity index (χ1n) is 24.1. The van der Waals surface area contributed by atoms with Gasteiger partial charge in [-0.25, -0.2) is 4.57 Å². The van der Waals surface area contributed by atoms with E-state index in [1.54, 1.807) is 0 Å². The van der Waals surface area contributed by atoms with Gasteiger partial charge in [0, 0.05) is 12.8 Å². The highest BCUT2D eigenvalue weighted by Crippen LogP contribution is 2.43. The number of aliphatic hydroxyl groups excluding tert-OH is 2. The number of esters is 2. The van der Waals surface area contributed by atoms with Gasteiger partial charge < -0.3 is 24.6 Å². The van der Waals surface area contributed by atoms with Gasteiger partial charge in [-0.1, -0.05) is 172 Å². The van der Waals surface area contributed by atoms with Gasteiger partial charge in [0.15, 0.2) is 6.10 Å². The highest BCUT2D eigenvalue weighted by atomic mass is 31.2. The minimum absolute atomic E-state index is 0.177. The number of rotatable bonds is 45. The molecule has 350 valence electrons. The van der Waals surface area contributed by atoms with Crippen molar-refractivity contribution >= 4 is 19.8 Å². The molecule has 0 saturated heterocycles. The molecule has 0 saturated carbocycles. The molecule has 0 aromatic heterocycles. The second kappa shape index (κ2) is 45.0. The average Bonchev–Trinajstić information content (AvgIpc) is 3.24. The highest BCUT2D eigenvalue weighted by Gasteiger charge is 2.27. The Morgan fingerprint density at radius 1 is 0.500 bits per heavy atom. The largest absolute Gasteiger partial charge is 0.472 e. The van der Waals surface area contributed by atoms with E-state index in [9.17, 15) is 24.2 Å². The van der Waals surface area contributed by atoms with E-state index in [2.05, 4.69) is 62.5 Å². The Bertz CT molecular complexity index is 1140. The maximum atomic E-state index is 12.7. The number of unbranched alkanes of at least 4 members (excludes halogenated alkanes) is 23. The Labute approximate surface area is 366 Å². The number of carbonyl (C=O) groups excluding carboxylic acids is 2. The van der Waals surface area contributed by atoms with Gasteiger partial charge >= 0.3 is 19.8 Å². The Balaban J connectivity index is 4.25. The lowest BCUT2D eigenvalue weighted by molar-refractivity contribution is -0.161. The molecule has 0 aliphatic rings. The Morgan fingerprint density at radius 2 is 0.867 bits per heavy atom. The number of hydrogen-bond donors (Lipinski definition) is 3. The van der Waals surface area contributed by atoms with Crippen LogP contribution in [0.25, 0.3) is 0 Å². The first-order valence-corrected chi connectivity index (χ1v) is 25.6. The zero-order chi connectivity index (χ0) is 44.0. The molecule has 0 heterocycles. The predicted octanol–water partition coefficient (Wildman–Crippen LogP) is 13.3. The van der Waals surface area contributed by atoms with Crippen LogP contribution < -0.4 is 0 Å². The SMILES string of the molecule is CCCCC/C=C\C/C=C\CCCCCCCCCCCC(=O)OC(COC(=O)CCCCCCCCC/C=C\C/C=C\CCCCCC)COP(=O)(O)OCC(O)CO. The zero-order valence-electron chi connectivity index (χ0n) is 38.2. The first-order chi connectivity index (χ1) is 29.2. The van der Waals surface area contributed by atoms with Crippen molar-refractivity contribution in [3.8, 4) is 0 Å². The number of carbonyl (C=O) groups is 2. The fourth-order valence-electron chi connectivity index (χ4n) is 6.47. The monoisotopic (exact) mass is 869 g/mol. The fraction of sp³-hybridized carbons (Fsp3) is 0.796. The molecule has 10 nitrogen and oxygen atoms in total. The summed E-state index contributed by atoms with van der Waals surface area (Å²) in [6.45, 7) is 2.34. The summed E-state index contributed by atoms with van der Waals surface area (Å²) in [5, 5.41) is 18.4. The Kier molecular flexibility index (Phi) is 43.4. The standard InChI is InChI=1S/C49H89O10P/c1-3-5-7-9-11-13-15-17-19-21-23-25-27-29-31-33-35-37-39-41-49(53)59-47(45-58-60(54,55)57-43-46(51)42-50)44-56-48(52)40-38-36-34-32-30-28-26-24-22-20-18-16-14-12-10-8-6-4-2/h11,13-14,16-17,19-20,22,46-47,50-51H,3-10,12,15,18,21,23-45H2,1-2H3,(H,54,55)/b13-11-,16-14-,19-17-,22-20-. The summed E-state index contributed by atoms with van der Waals surface area (Å²) in [6.07, 6.45) is 49.2. The molecule has 3 atom stereocenters. The van der Waals surface area contributed by atoms with Crippen molar-refractivity contribution in [1.82, 2.24) is 0 Å². The molecule has 11 heteroatoms. The molecule has 0 amide bonds. The molecule has 0 spiro atoms. The average molecular weight is 869 g/mol. The van der Waals surface area contributed by atoms with Crippen molar-refractivity contribution in [1.29, 1.82) is 0 Å². The van der Waals surface area contributed by atoms with E-state index in [1.165, 1.54) is 109 Å². The minimum atomic E-state index is -4.62. The van der Waals surface area contributed by atoms with Gasteiger partial charge in [-0.15, -0.1) is 0 Å². The van der Waals surface area contributed by atoms with Crippen molar-refractivity contribution < 1.29 is 47.8 Å². The molecule has 0 aliphatic heterocycles. The second-order valence-corrected chi connectivity index (χ2v) is 17.6. The normalized spacial score (nSPS) is 14.2. The summed E-state index contributed by atoms with van der Waals surface area (Å²) in [7, 11) is -4.62. The number of hydrogen-bond acceptors (Lipinski definition) is 9. The van der Waals surface area contributed by atoms with Gasteiger partial charge in [0.2, 0.25) is 0 Å². The summed E-state index contributed by atoms with van der Waals surface area (Å²) in [5.41, 5.74) is 0. The Hall–Kier alpha value is -2.07. The third-order valence-corrected chi connectivity index (χ3v) is 11.2. The van der Waals surface area contributed by atoms with E-state index in [0.717, 1.165) is 64.2 Å². The summed E-state index contributed by atoms with van der Waals surface area (Å²) in [4.78, 5) is 35.1. The number of allylic oxidation sites excluding steroid dienone is 8. The molecule has 0 rings (SSSR count). The van der Waals surface area contributed by atoms with E-state index >= 15 is 0 Å². The molecule has 0 fully saturated rings. The molecule has 0 aliphatic carbocycles. The third-order valence-electron chi connectivity index (χ3n) is 10.2. The zero-order valence-corrected chi connectivity index (χ0v) is 39.1. The molecule has 0 bridgehead atoms. The molecule has 60 heavy (non-hydrogen) atoms. The van der Waals surface area contributed by atoms with E-state index in [0.29, 0.717) is 12.8 Å². The highest BCUT2D eigenvalue weighted by molar-refractivity contribution is 7.47. The fourth-order valence-corrected chi connectivity index (χ4v) is 7.26. The van der Waals surface area contributed by atoms with Gasteiger partial charge in [-0.3, -0.25) is 18.6 Å². The van der Waals surface area contributed by atoms with Crippen molar-refractivity contribution in [3.05, 3.63) is 48.6 Å². The Morgan fingerprint density at radius 3 is 1.32 bits per heavy atom. The number of phosphoric acid groups is 1. The van der Waals surface area contributed by atoms with Crippen LogP contribution >= 0.6 is 7.82 Å². The molecular formula is C49H89O10P. The lowest BCUT2D eigenvalue weighted by Gasteiger charge is -2.20. The molecule has 0 aromatic carbocycles. The minimum Gasteiger partial charge on any atom is -0.462 e.